The van der Waals surface area contributed by atoms with Crippen LogP contribution < -0.4 is 0 Å². The molecule has 0 amide bonds. The topological polar surface area (TPSA) is 16.1 Å². The van der Waals surface area contributed by atoms with Gasteiger partial charge in [0.2, 0.25) is 0 Å². The number of hydrogen-bond acceptors (Lipinski definition) is 2. The zero-order valence-corrected chi connectivity index (χ0v) is 6.49. The van der Waals surface area contributed by atoms with Crippen molar-refractivity contribution in [2.24, 2.45) is 0 Å². The van der Waals surface area contributed by atoms with Crippen LogP contribution in [0.5, 0.6) is 0 Å². The monoisotopic (exact) mass is 169 g/mol. The first-order valence-electron chi connectivity index (χ1n) is 7.24. The minimum atomic E-state index is -2.56. The molecule has 1 aromatic rings. The quantitative estimate of drug-likeness (QED) is 0.638. The number of hydrogen-bond donors (Lipinski definition) is 0. The van der Waals surface area contributed by atoms with Gasteiger partial charge in [-0.25, -0.2) is 0 Å². The molecule has 12 heavy (non-hydrogen) atoms. The van der Waals surface area contributed by atoms with Crippen molar-refractivity contribution in [3.63, 3.8) is 0 Å². The highest BCUT2D eigenvalue weighted by atomic mass is 15.1. The van der Waals surface area contributed by atoms with Gasteiger partial charge in [0.1, 0.15) is 0 Å². The summed E-state index contributed by atoms with van der Waals surface area (Å²) in [5.74, 6) is 0. The van der Waals surface area contributed by atoms with E-state index in [1.54, 1.807) is 12.1 Å². The van der Waals surface area contributed by atoms with Crippen molar-refractivity contribution in [3.05, 3.63) is 30.1 Å². The maximum atomic E-state index is 7.97. The Morgan fingerprint density at radius 1 is 1.83 bits per heavy atom. The Kier molecular flexibility index (Phi) is 0.838. The molecule has 1 aliphatic heterocycles. The van der Waals surface area contributed by atoms with Gasteiger partial charge in [0.25, 0.3) is 0 Å². The standard InChI is InChI=1S/C10H14N2/c1-12-7-3-5-10(12)9-4-2-6-11-8-9/h2,4,6,8,10H,3,5,7H2,1H3/t10-/m0/s1/i1D3,3D2,5D2. The third kappa shape index (κ3) is 1.34. The first kappa shape index (κ1) is 3.11. The predicted molar refractivity (Wildman–Crippen MR) is 48.8 cm³/mol. The van der Waals surface area contributed by atoms with Crippen molar-refractivity contribution >= 4 is 0 Å². The molecule has 0 saturated carbocycles. The molecule has 0 radical (unpaired) electrons. The summed E-state index contributed by atoms with van der Waals surface area (Å²) in [7, 11) is 0. The Bertz CT molecular complexity index is 457. The smallest absolute Gasteiger partial charge is 0.0394 e. The van der Waals surface area contributed by atoms with Gasteiger partial charge in [0.15, 0.2) is 0 Å². The van der Waals surface area contributed by atoms with E-state index in [-0.39, 0.29) is 0 Å². The molecule has 1 saturated heterocycles. The van der Waals surface area contributed by atoms with Crippen LogP contribution in [0.15, 0.2) is 24.5 Å². The van der Waals surface area contributed by atoms with Gasteiger partial charge >= 0.3 is 0 Å². The number of likely N-dealkylation sites (tertiary alicyclic amines) is 1. The summed E-state index contributed by atoms with van der Waals surface area (Å²) in [5.41, 5.74) is 0.366. The summed E-state index contributed by atoms with van der Waals surface area (Å²) in [6, 6.07) is 1.97. The molecule has 0 spiro atoms. The molecular formula is C10H14N2. The Hall–Kier alpha value is -0.890. The molecule has 0 N–H and O–H groups in total. The van der Waals surface area contributed by atoms with Crippen LogP contribution in [-0.2, 0) is 0 Å². The van der Waals surface area contributed by atoms with E-state index >= 15 is 0 Å². The minimum absolute atomic E-state index is 0.366. The SMILES string of the molecule is [2H]C([2H])([2H])N1CC([2H])([2H])C([2H])([2H])[C@H]1c1cccnc1. The average Bonchev–Trinajstić information content (AvgIpc) is 2.46. The molecule has 0 bridgehead atoms. The van der Waals surface area contributed by atoms with Crippen molar-refractivity contribution in [3.8, 4) is 0 Å². The lowest BCUT2D eigenvalue weighted by molar-refractivity contribution is 0.317. The van der Waals surface area contributed by atoms with Crippen molar-refractivity contribution in [1.29, 1.82) is 0 Å². The normalized spacial score (nSPS) is 42.7. The fraction of sp³-hybridized carbons (Fsp3) is 0.500. The van der Waals surface area contributed by atoms with Gasteiger partial charge in [-0.3, -0.25) is 9.88 Å². The van der Waals surface area contributed by atoms with Gasteiger partial charge in [-0.05, 0) is 37.9 Å². The number of aromatic nitrogens is 1. The second-order valence-corrected chi connectivity index (χ2v) is 2.64. The van der Waals surface area contributed by atoms with Gasteiger partial charge in [-0.1, -0.05) is 6.07 Å². The fourth-order valence-electron chi connectivity index (χ4n) is 1.20. The third-order valence-electron chi connectivity index (χ3n) is 1.80. The highest BCUT2D eigenvalue weighted by molar-refractivity contribution is 5.14. The first-order chi connectivity index (χ1) is 8.57. The second-order valence-electron chi connectivity index (χ2n) is 2.64. The lowest BCUT2D eigenvalue weighted by Crippen LogP contribution is -2.17. The molecule has 0 aliphatic carbocycles. The molecule has 1 fully saturated rings. The molecule has 2 nitrogen and oxygen atoms in total. The maximum absolute atomic E-state index is 7.97. The van der Waals surface area contributed by atoms with E-state index in [1.165, 1.54) is 12.4 Å². The Labute approximate surface area is 83.1 Å². The Balaban J connectivity index is 2.52. The van der Waals surface area contributed by atoms with Crippen molar-refractivity contribution in [1.82, 2.24) is 9.88 Å². The maximum Gasteiger partial charge on any atom is 0.0394 e. The summed E-state index contributed by atoms with van der Waals surface area (Å²) in [5, 5.41) is 0. The second kappa shape index (κ2) is 3.23. The van der Waals surface area contributed by atoms with Crippen LogP contribution in [0.4, 0.5) is 0 Å². The van der Waals surface area contributed by atoms with Crippen molar-refractivity contribution in [2.75, 3.05) is 13.5 Å². The number of rotatable bonds is 1. The van der Waals surface area contributed by atoms with E-state index in [2.05, 4.69) is 4.98 Å². The summed E-state index contributed by atoms with van der Waals surface area (Å²) < 4.78 is 53.9. The van der Waals surface area contributed by atoms with E-state index < -0.39 is 32.3 Å². The summed E-state index contributed by atoms with van der Waals surface area (Å²) in [6.07, 6.45) is -1.66. The predicted octanol–water partition coefficient (Wildman–Crippen LogP) is 1.85. The zero-order valence-electron chi connectivity index (χ0n) is 13.5. The molecule has 2 rings (SSSR count). The van der Waals surface area contributed by atoms with Gasteiger partial charge in [0.05, 0.1) is 0 Å². The number of pyridine rings is 1. The molecular weight excluding hydrogens is 148 g/mol. The Morgan fingerprint density at radius 3 is 3.58 bits per heavy atom. The van der Waals surface area contributed by atoms with E-state index in [0.29, 0.717) is 5.56 Å². The molecule has 64 valence electrons. The van der Waals surface area contributed by atoms with Crippen LogP contribution in [0, 0.1) is 0 Å². The van der Waals surface area contributed by atoms with Gasteiger partial charge in [-0.15, -0.1) is 0 Å². The van der Waals surface area contributed by atoms with Crippen LogP contribution in [0.2, 0.25) is 0 Å². The summed E-state index contributed by atoms with van der Waals surface area (Å²) in [6.45, 7) is -3.03. The molecule has 2 heteroatoms. The van der Waals surface area contributed by atoms with Crippen LogP contribution >= 0.6 is 0 Å². The lowest BCUT2D eigenvalue weighted by Gasteiger charge is -2.18. The van der Waals surface area contributed by atoms with Crippen LogP contribution in [0.1, 0.15) is 33.9 Å². The molecule has 1 aliphatic rings. The Morgan fingerprint density at radius 2 is 2.83 bits per heavy atom. The summed E-state index contributed by atoms with van der Waals surface area (Å²) >= 11 is 0. The third-order valence-corrected chi connectivity index (χ3v) is 1.80. The molecule has 2 heterocycles. The lowest BCUT2D eigenvalue weighted by atomic mass is 10.1. The minimum Gasteiger partial charge on any atom is -0.299 e. The molecule has 0 unspecified atom stereocenters. The molecule has 1 aromatic heterocycles. The first-order valence-corrected chi connectivity index (χ1v) is 3.74. The molecule has 0 aromatic carbocycles. The highest BCUT2D eigenvalue weighted by Gasteiger charge is 2.21. The number of nitrogens with zero attached hydrogens (tertiary/aromatic N) is 2. The fourth-order valence-corrected chi connectivity index (χ4v) is 1.20. The van der Waals surface area contributed by atoms with Gasteiger partial charge < -0.3 is 0 Å². The zero-order chi connectivity index (χ0) is 14.5. The van der Waals surface area contributed by atoms with E-state index in [4.69, 9.17) is 9.60 Å². The van der Waals surface area contributed by atoms with Crippen LogP contribution in [0.25, 0.3) is 0 Å². The summed E-state index contributed by atoms with van der Waals surface area (Å²) in [4.78, 5) is 4.75. The van der Waals surface area contributed by atoms with Gasteiger partial charge in [0, 0.05) is 28.0 Å². The van der Waals surface area contributed by atoms with Crippen LogP contribution in [0.3, 0.4) is 0 Å². The van der Waals surface area contributed by atoms with Crippen molar-refractivity contribution in [2.45, 2.75) is 18.8 Å². The van der Waals surface area contributed by atoms with E-state index in [1.807, 2.05) is 0 Å². The average molecular weight is 169 g/mol. The van der Waals surface area contributed by atoms with Crippen molar-refractivity contribution < 1.29 is 9.60 Å². The highest BCUT2D eigenvalue weighted by Crippen LogP contribution is 2.29. The van der Waals surface area contributed by atoms with Crippen LogP contribution in [-0.4, -0.2) is 23.4 Å². The van der Waals surface area contributed by atoms with Gasteiger partial charge in [-0.2, -0.15) is 0 Å². The largest absolute Gasteiger partial charge is 0.299 e. The molecule has 1 atom stereocenters. The van der Waals surface area contributed by atoms with E-state index in [9.17, 15) is 0 Å². The van der Waals surface area contributed by atoms with E-state index in [0.717, 1.165) is 4.90 Å².